The summed E-state index contributed by atoms with van der Waals surface area (Å²) in [7, 11) is 0. The third-order valence-electron chi connectivity index (χ3n) is 5.31. The maximum Gasteiger partial charge on any atom is 0.287 e. The maximum absolute atomic E-state index is 13.4. The molecular formula is C23H13ClN4O8. The van der Waals surface area contributed by atoms with E-state index in [2.05, 4.69) is 0 Å². The number of imide groups is 1. The molecule has 0 unspecified atom stereocenters. The molecule has 0 saturated heterocycles. The van der Waals surface area contributed by atoms with E-state index < -0.39 is 51.1 Å². The predicted molar refractivity (Wildman–Crippen MR) is 124 cm³/mol. The van der Waals surface area contributed by atoms with Crippen LogP contribution in [0.4, 0.5) is 11.4 Å². The largest absolute Gasteiger partial charge is 0.292 e. The molecule has 36 heavy (non-hydrogen) atoms. The zero-order valence-corrected chi connectivity index (χ0v) is 18.7. The van der Waals surface area contributed by atoms with Gasteiger partial charge in [-0.2, -0.15) is 5.01 Å². The highest BCUT2D eigenvalue weighted by Crippen LogP contribution is 2.32. The second kappa shape index (κ2) is 9.35. The molecule has 3 aromatic carbocycles. The zero-order valence-electron chi connectivity index (χ0n) is 18.0. The van der Waals surface area contributed by atoms with Crippen LogP contribution in [0, 0.1) is 20.2 Å². The normalized spacial score (nSPS) is 12.3. The van der Waals surface area contributed by atoms with Crippen molar-refractivity contribution < 1.29 is 29.0 Å². The van der Waals surface area contributed by atoms with E-state index in [1.807, 2.05) is 0 Å². The van der Waals surface area contributed by atoms with Crippen molar-refractivity contribution in [1.29, 1.82) is 0 Å². The number of nitrogens with zero attached hydrogens (tertiary/aromatic N) is 4. The van der Waals surface area contributed by atoms with Gasteiger partial charge in [0, 0.05) is 34.3 Å². The number of carbonyl (C=O) groups is 4. The molecule has 0 atom stereocenters. The second-order valence-corrected chi connectivity index (χ2v) is 7.92. The quantitative estimate of drug-likeness (QED) is 0.202. The molecule has 3 aromatic rings. The molecule has 12 nitrogen and oxygen atoms in total. The molecule has 3 amide bonds. The van der Waals surface area contributed by atoms with Gasteiger partial charge in [0.05, 0.1) is 15.4 Å². The van der Waals surface area contributed by atoms with E-state index in [4.69, 9.17) is 11.6 Å². The molecule has 0 spiro atoms. The van der Waals surface area contributed by atoms with Crippen molar-refractivity contribution in [3.63, 3.8) is 0 Å². The minimum absolute atomic E-state index is 0.0442. The smallest absolute Gasteiger partial charge is 0.287 e. The molecule has 1 aliphatic heterocycles. The van der Waals surface area contributed by atoms with Crippen LogP contribution in [0.25, 0.3) is 0 Å². The molecule has 0 aliphatic carbocycles. The Labute approximate surface area is 206 Å². The van der Waals surface area contributed by atoms with E-state index in [0.29, 0.717) is 15.0 Å². The van der Waals surface area contributed by atoms with Crippen molar-refractivity contribution in [2.75, 3.05) is 6.54 Å². The van der Waals surface area contributed by atoms with Crippen molar-refractivity contribution >= 4 is 46.5 Å². The van der Waals surface area contributed by atoms with Crippen LogP contribution in [0.1, 0.15) is 41.4 Å². The Morgan fingerprint density at radius 3 is 2.17 bits per heavy atom. The highest BCUT2D eigenvalue weighted by atomic mass is 35.5. The molecule has 0 bridgehead atoms. The summed E-state index contributed by atoms with van der Waals surface area (Å²) in [5.41, 5.74) is -2.06. The van der Waals surface area contributed by atoms with Gasteiger partial charge < -0.3 is 0 Å². The Balaban J connectivity index is 1.78. The van der Waals surface area contributed by atoms with E-state index in [1.54, 1.807) is 0 Å². The summed E-state index contributed by atoms with van der Waals surface area (Å²) < 4.78 is 0. The Morgan fingerprint density at radius 2 is 1.53 bits per heavy atom. The van der Waals surface area contributed by atoms with Crippen LogP contribution in [0.5, 0.6) is 0 Å². The number of hydrazine groups is 1. The fourth-order valence-electron chi connectivity index (χ4n) is 3.62. The number of ketones is 1. The van der Waals surface area contributed by atoms with E-state index in [0.717, 1.165) is 18.2 Å². The molecule has 1 heterocycles. The predicted octanol–water partition coefficient (Wildman–Crippen LogP) is 3.69. The highest BCUT2D eigenvalue weighted by molar-refractivity contribution is 6.30. The number of hydrogen-bond acceptors (Lipinski definition) is 8. The molecule has 1 aliphatic rings. The van der Waals surface area contributed by atoms with Crippen LogP contribution < -0.4 is 0 Å². The molecule has 180 valence electrons. The van der Waals surface area contributed by atoms with Gasteiger partial charge in [-0.15, -0.1) is 0 Å². The lowest BCUT2D eigenvalue weighted by Gasteiger charge is -2.29. The summed E-state index contributed by atoms with van der Waals surface area (Å²) in [5.74, 6) is -4.00. The standard InChI is InChI=1S/C23H13ClN4O8/c24-15-9-7-13(8-10-15)21(30)25(12-19(29)14-3-1-4-16(11-14)27(33)34)26-22(31)17-5-2-6-18(28(35)36)20(17)23(26)32/h1-11H,12H2. The van der Waals surface area contributed by atoms with E-state index >= 15 is 0 Å². The molecule has 0 N–H and O–H groups in total. The van der Waals surface area contributed by atoms with Gasteiger partial charge in [0.2, 0.25) is 0 Å². The fourth-order valence-corrected chi connectivity index (χ4v) is 3.75. The average molecular weight is 509 g/mol. The van der Waals surface area contributed by atoms with Gasteiger partial charge in [-0.1, -0.05) is 29.8 Å². The maximum atomic E-state index is 13.4. The summed E-state index contributed by atoms with van der Waals surface area (Å²) in [6, 6.07) is 13.5. The Kier molecular flexibility index (Phi) is 6.27. The van der Waals surface area contributed by atoms with Crippen LogP contribution in [-0.4, -0.2) is 49.9 Å². The van der Waals surface area contributed by atoms with Gasteiger partial charge >= 0.3 is 0 Å². The lowest BCUT2D eigenvalue weighted by molar-refractivity contribution is -0.385. The molecule has 0 saturated carbocycles. The molecule has 13 heteroatoms. The second-order valence-electron chi connectivity index (χ2n) is 7.48. The zero-order chi connectivity index (χ0) is 26.1. The van der Waals surface area contributed by atoms with Gasteiger partial charge in [-0.3, -0.25) is 39.4 Å². The first-order chi connectivity index (χ1) is 17.1. The van der Waals surface area contributed by atoms with Crippen LogP contribution in [0.3, 0.4) is 0 Å². The number of halogens is 1. The SMILES string of the molecule is O=C(CN(C(=O)c1ccc(Cl)cc1)N1C(=O)c2cccc([N+](=O)[O-])c2C1=O)c1cccc([N+](=O)[O-])c1. The summed E-state index contributed by atoms with van der Waals surface area (Å²) >= 11 is 5.87. The van der Waals surface area contributed by atoms with Crippen molar-refractivity contribution in [2.24, 2.45) is 0 Å². The summed E-state index contributed by atoms with van der Waals surface area (Å²) in [5, 5.41) is 23.8. The van der Waals surface area contributed by atoms with E-state index in [1.165, 1.54) is 48.5 Å². The highest BCUT2D eigenvalue weighted by Gasteiger charge is 2.46. The molecule has 0 radical (unpaired) electrons. The van der Waals surface area contributed by atoms with E-state index in [-0.39, 0.29) is 22.4 Å². The molecule has 0 fully saturated rings. The van der Waals surface area contributed by atoms with Gasteiger partial charge in [-0.05, 0) is 30.3 Å². The van der Waals surface area contributed by atoms with Gasteiger partial charge in [0.25, 0.3) is 29.1 Å². The van der Waals surface area contributed by atoms with Crippen LogP contribution in [-0.2, 0) is 0 Å². The number of amides is 3. The van der Waals surface area contributed by atoms with Gasteiger partial charge in [0.15, 0.2) is 5.78 Å². The lowest BCUT2D eigenvalue weighted by atomic mass is 10.1. The molecule has 4 rings (SSSR count). The minimum Gasteiger partial charge on any atom is -0.292 e. The first-order valence-corrected chi connectivity index (χ1v) is 10.5. The number of benzene rings is 3. The van der Waals surface area contributed by atoms with E-state index in [9.17, 15) is 39.4 Å². The first kappa shape index (κ1) is 24.2. The number of fused-ring (bicyclic) bond motifs is 1. The summed E-state index contributed by atoms with van der Waals surface area (Å²) in [6.45, 7) is -0.873. The molecule has 0 aromatic heterocycles. The Morgan fingerprint density at radius 1 is 0.861 bits per heavy atom. The van der Waals surface area contributed by atoms with Crippen LogP contribution in [0.2, 0.25) is 5.02 Å². The Bertz CT molecular complexity index is 1470. The first-order valence-electron chi connectivity index (χ1n) is 10.1. The van der Waals surface area contributed by atoms with Crippen LogP contribution in [0.15, 0.2) is 66.7 Å². The minimum atomic E-state index is -1.17. The molecular weight excluding hydrogens is 496 g/mol. The monoisotopic (exact) mass is 508 g/mol. The van der Waals surface area contributed by atoms with Crippen LogP contribution >= 0.6 is 11.6 Å². The van der Waals surface area contributed by atoms with Crippen molar-refractivity contribution in [3.05, 3.63) is 114 Å². The van der Waals surface area contributed by atoms with Crippen molar-refractivity contribution in [1.82, 2.24) is 10.0 Å². The topological polar surface area (TPSA) is 161 Å². The number of hydrogen-bond donors (Lipinski definition) is 0. The third kappa shape index (κ3) is 4.28. The number of carbonyl (C=O) groups excluding carboxylic acids is 4. The van der Waals surface area contributed by atoms with Crippen molar-refractivity contribution in [3.8, 4) is 0 Å². The summed E-state index contributed by atoms with van der Waals surface area (Å²) in [6.07, 6.45) is 0. The average Bonchev–Trinajstić information content (AvgIpc) is 3.12. The Hall–Kier alpha value is -4.97. The number of Topliss-reactive ketones (excluding diaryl/α,β-unsaturated/α-hetero) is 1. The van der Waals surface area contributed by atoms with Crippen molar-refractivity contribution in [2.45, 2.75) is 0 Å². The number of rotatable bonds is 7. The van der Waals surface area contributed by atoms with Gasteiger partial charge in [-0.25, -0.2) is 5.01 Å². The fraction of sp³-hybridized carbons (Fsp3) is 0.0435. The lowest BCUT2D eigenvalue weighted by Crippen LogP contribution is -2.51. The number of nitro groups is 2. The van der Waals surface area contributed by atoms with Gasteiger partial charge in [0.1, 0.15) is 12.1 Å². The number of non-ortho nitro benzene ring substituents is 1. The third-order valence-corrected chi connectivity index (χ3v) is 5.56. The summed E-state index contributed by atoms with van der Waals surface area (Å²) in [4.78, 5) is 73.8. The number of nitro benzene ring substituents is 2.